The fourth-order valence-corrected chi connectivity index (χ4v) is 3.08. The van der Waals surface area contributed by atoms with Crippen LogP contribution in [0.15, 0.2) is 0 Å². The highest BCUT2D eigenvalue weighted by Gasteiger charge is 2.27. The van der Waals surface area contributed by atoms with E-state index in [0.717, 1.165) is 19.4 Å². The minimum atomic E-state index is -0.698. The SMILES string of the molecule is CCC(CC(=O)O)SC1CCOC1C. The quantitative estimate of drug-likeness (QED) is 0.768. The van der Waals surface area contributed by atoms with Crippen molar-refractivity contribution in [1.82, 2.24) is 0 Å². The van der Waals surface area contributed by atoms with Gasteiger partial charge in [-0.2, -0.15) is 11.8 Å². The minimum absolute atomic E-state index is 0.238. The lowest BCUT2D eigenvalue weighted by Crippen LogP contribution is -2.19. The summed E-state index contributed by atoms with van der Waals surface area (Å²) in [5, 5.41) is 9.43. The summed E-state index contributed by atoms with van der Waals surface area (Å²) in [4.78, 5) is 10.6. The maximum absolute atomic E-state index is 10.6. The molecule has 0 saturated carbocycles. The molecule has 1 heterocycles. The Morgan fingerprint density at radius 2 is 2.43 bits per heavy atom. The van der Waals surface area contributed by atoms with E-state index in [0.29, 0.717) is 5.25 Å². The Kier molecular flexibility index (Phi) is 4.75. The maximum Gasteiger partial charge on any atom is 0.304 e. The Balaban J connectivity index is 2.35. The molecule has 14 heavy (non-hydrogen) atoms. The molecule has 0 bridgehead atoms. The molecule has 3 atom stereocenters. The molecule has 1 fully saturated rings. The van der Waals surface area contributed by atoms with Crippen LogP contribution in [0.4, 0.5) is 0 Å². The summed E-state index contributed by atoms with van der Waals surface area (Å²) in [5.74, 6) is -0.698. The number of rotatable bonds is 5. The Morgan fingerprint density at radius 3 is 2.86 bits per heavy atom. The molecule has 3 unspecified atom stereocenters. The molecule has 1 aliphatic heterocycles. The van der Waals surface area contributed by atoms with Crippen molar-refractivity contribution < 1.29 is 14.6 Å². The second-order valence-corrected chi connectivity index (χ2v) is 5.21. The lowest BCUT2D eigenvalue weighted by Gasteiger charge is -2.19. The van der Waals surface area contributed by atoms with Gasteiger partial charge in [-0.25, -0.2) is 0 Å². The summed E-state index contributed by atoms with van der Waals surface area (Å²) in [7, 11) is 0. The molecule has 3 nitrogen and oxygen atoms in total. The van der Waals surface area contributed by atoms with E-state index in [9.17, 15) is 4.79 Å². The summed E-state index contributed by atoms with van der Waals surface area (Å²) < 4.78 is 5.45. The predicted molar refractivity (Wildman–Crippen MR) is 57.7 cm³/mol. The normalized spacial score (nSPS) is 29.0. The van der Waals surface area contributed by atoms with Gasteiger partial charge in [-0.1, -0.05) is 6.92 Å². The van der Waals surface area contributed by atoms with Crippen LogP contribution in [0.5, 0.6) is 0 Å². The first-order valence-electron chi connectivity index (χ1n) is 5.12. The van der Waals surface area contributed by atoms with Gasteiger partial charge in [0.15, 0.2) is 0 Å². The lowest BCUT2D eigenvalue weighted by molar-refractivity contribution is -0.136. The first-order valence-corrected chi connectivity index (χ1v) is 6.06. The zero-order valence-corrected chi connectivity index (χ0v) is 9.55. The Morgan fingerprint density at radius 1 is 1.71 bits per heavy atom. The number of hydrogen-bond acceptors (Lipinski definition) is 3. The van der Waals surface area contributed by atoms with Crippen LogP contribution < -0.4 is 0 Å². The van der Waals surface area contributed by atoms with E-state index in [-0.39, 0.29) is 17.8 Å². The number of carboxylic acids is 1. The van der Waals surface area contributed by atoms with Gasteiger partial charge >= 0.3 is 5.97 Å². The number of ether oxygens (including phenoxy) is 1. The van der Waals surface area contributed by atoms with Crippen LogP contribution in [0.25, 0.3) is 0 Å². The number of thioether (sulfide) groups is 1. The lowest BCUT2D eigenvalue weighted by atomic mass is 10.2. The largest absolute Gasteiger partial charge is 0.481 e. The van der Waals surface area contributed by atoms with Gasteiger partial charge in [0.1, 0.15) is 0 Å². The molecular formula is C10H18O3S. The van der Waals surface area contributed by atoms with Crippen molar-refractivity contribution in [3.8, 4) is 0 Å². The number of carbonyl (C=O) groups is 1. The number of aliphatic carboxylic acids is 1. The van der Waals surface area contributed by atoms with Crippen LogP contribution >= 0.6 is 11.8 Å². The molecule has 0 aromatic rings. The molecule has 82 valence electrons. The Labute approximate surface area is 89.2 Å². The topological polar surface area (TPSA) is 46.5 Å². The molecule has 0 radical (unpaired) electrons. The van der Waals surface area contributed by atoms with Crippen LogP contribution in [-0.2, 0) is 9.53 Å². The van der Waals surface area contributed by atoms with Crippen molar-refractivity contribution in [1.29, 1.82) is 0 Å². The van der Waals surface area contributed by atoms with Gasteiger partial charge in [0.2, 0.25) is 0 Å². The zero-order valence-electron chi connectivity index (χ0n) is 8.73. The van der Waals surface area contributed by atoms with Gasteiger partial charge in [0, 0.05) is 17.1 Å². The molecule has 0 spiro atoms. The molecule has 1 saturated heterocycles. The number of carboxylic acid groups (broad SMARTS) is 1. The predicted octanol–water partition coefficient (Wildman–Crippen LogP) is 2.15. The molecule has 0 amide bonds. The Bertz CT molecular complexity index is 196. The van der Waals surface area contributed by atoms with E-state index in [2.05, 4.69) is 6.92 Å². The van der Waals surface area contributed by atoms with E-state index in [1.807, 2.05) is 6.92 Å². The summed E-state index contributed by atoms with van der Waals surface area (Å²) >= 11 is 1.78. The van der Waals surface area contributed by atoms with Crippen molar-refractivity contribution >= 4 is 17.7 Å². The van der Waals surface area contributed by atoms with E-state index in [4.69, 9.17) is 9.84 Å². The number of hydrogen-bond donors (Lipinski definition) is 1. The van der Waals surface area contributed by atoms with Crippen molar-refractivity contribution in [2.24, 2.45) is 0 Å². The van der Waals surface area contributed by atoms with Gasteiger partial charge in [-0.05, 0) is 19.8 Å². The zero-order chi connectivity index (χ0) is 10.6. The van der Waals surface area contributed by atoms with Crippen molar-refractivity contribution in [3.63, 3.8) is 0 Å². The average molecular weight is 218 g/mol. The monoisotopic (exact) mass is 218 g/mol. The van der Waals surface area contributed by atoms with Crippen LogP contribution in [0.3, 0.4) is 0 Å². The van der Waals surface area contributed by atoms with Crippen molar-refractivity contribution in [2.75, 3.05) is 6.61 Å². The molecule has 1 aliphatic rings. The second kappa shape index (κ2) is 5.61. The molecule has 4 heteroatoms. The van der Waals surface area contributed by atoms with Gasteiger partial charge in [-0.15, -0.1) is 0 Å². The molecule has 0 aliphatic carbocycles. The van der Waals surface area contributed by atoms with Gasteiger partial charge in [0.05, 0.1) is 12.5 Å². The van der Waals surface area contributed by atoms with E-state index < -0.39 is 5.97 Å². The summed E-state index contributed by atoms with van der Waals surface area (Å²) in [5.41, 5.74) is 0. The smallest absolute Gasteiger partial charge is 0.304 e. The van der Waals surface area contributed by atoms with Crippen LogP contribution in [0, 0.1) is 0 Å². The third kappa shape index (κ3) is 3.50. The van der Waals surface area contributed by atoms with Crippen LogP contribution in [-0.4, -0.2) is 34.3 Å². The third-order valence-electron chi connectivity index (χ3n) is 2.53. The average Bonchev–Trinajstić information content (AvgIpc) is 2.50. The van der Waals surface area contributed by atoms with Gasteiger partial charge in [-0.3, -0.25) is 4.79 Å². The fourth-order valence-electron chi connectivity index (χ4n) is 1.62. The Hall–Kier alpha value is -0.220. The molecule has 1 N–H and O–H groups in total. The minimum Gasteiger partial charge on any atom is -0.481 e. The summed E-state index contributed by atoms with van der Waals surface area (Å²) in [6, 6.07) is 0. The molecule has 0 aromatic carbocycles. The summed E-state index contributed by atoms with van der Waals surface area (Å²) in [6.45, 7) is 4.93. The van der Waals surface area contributed by atoms with Gasteiger partial charge in [0.25, 0.3) is 0 Å². The highest BCUT2D eigenvalue weighted by molar-refractivity contribution is 8.00. The first kappa shape index (κ1) is 11.9. The summed E-state index contributed by atoms with van der Waals surface area (Å²) in [6.07, 6.45) is 2.52. The van der Waals surface area contributed by atoms with E-state index in [1.165, 1.54) is 0 Å². The van der Waals surface area contributed by atoms with Gasteiger partial charge < -0.3 is 9.84 Å². The van der Waals surface area contributed by atoms with Crippen molar-refractivity contribution in [2.45, 2.75) is 49.7 Å². The molecular weight excluding hydrogens is 200 g/mol. The standard InChI is InChI=1S/C10H18O3S/c1-3-8(6-10(11)12)14-9-4-5-13-7(9)2/h7-9H,3-6H2,1-2H3,(H,11,12). The van der Waals surface area contributed by atoms with Crippen molar-refractivity contribution in [3.05, 3.63) is 0 Å². The molecule has 0 aromatic heterocycles. The van der Waals surface area contributed by atoms with E-state index >= 15 is 0 Å². The van der Waals surface area contributed by atoms with Crippen LogP contribution in [0.2, 0.25) is 0 Å². The molecule has 1 rings (SSSR count). The van der Waals surface area contributed by atoms with E-state index in [1.54, 1.807) is 11.8 Å². The maximum atomic E-state index is 10.6. The third-order valence-corrected chi connectivity index (χ3v) is 4.39. The first-order chi connectivity index (χ1) is 6.63. The highest BCUT2D eigenvalue weighted by Crippen LogP contribution is 2.32. The highest BCUT2D eigenvalue weighted by atomic mass is 32.2. The fraction of sp³-hybridized carbons (Fsp3) is 0.900. The van der Waals surface area contributed by atoms with Crippen LogP contribution in [0.1, 0.15) is 33.1 Å². The second-order valence-electron chi connectivity index (χ2n) is 3.67.